The van der Waals surface area contributed by atoms with Crippen molar-refractivity contribution in [1.82, 2.24) is 10.5 Å². The van der Waals surface area contributed by atoms with Crippen LogP contribution in [0, 0.1) is 6.92 Å². The van der Waals surface area contributed by atoms with Gasteiger partial charge in [0, 0.05) is 16.1 Å². The fraction of sp³-hybridized carbons (Fsp3) is 0.353. The van der Waals surface area contributed by atoms with Crippen LogP contribution >= 0.6 is 23.2 Å². The van der Waals surface area contributed by atoms with E-state index in [4.69, 9.17) is 37.2 Å². The Hall–Kier alpha value is -2.25. The lowest BCUT2D eigenvalue weighted by atomic mass is 10.1. The summed E-state index contributed by atoms with van der Waals surface area (Å²) in [6.45, 7) is 4.53. The maximum Gasteiger partial charge on any atom is 0.345 e. The highest BCUT2D eigenvalue weighted by Gasteiger charge is 2.21. The minimum atomic E-state index is -1.00. The summed E-state index contributed by atoms with van der Waals surface area (Å²) in [5, 5.41) is 7.25. The number of aromatic nitrogens is 1. The van der Waals surface area contributed by atoms with E-state index >= 15 is 0 Å². The summed E-state index contributed by atoms with van der Waals surface area (Å²) in [5.41, 5.74) is 0.702. The number of amides is 1. The number of ether oxygens (including phenoxy) is 2. The molecule has 0 unspecified atom stereocenters. The zero-order valence-electron chi connectivity index (χ0n) is 14.4. The third-order valence-corrected chi connectivity index (χ3v) is 3.97. The molecule has 1 N–H and O–H groups in total. The zero-order valence-corrected chi connectivity index (χ0v) is 15.9. The van der Waals surface area contributed by atoms with Crippen LogP contribution < -0.4 is 10.1 Å². The van der Waals surface area contributed by atoms with Gasteiger partial charge in [-0.15, -0.1) is 0 Å². The second-order valence-electron chi connectivity index (χ2n) is 5.59. The molecule has 0 aliphatic heterocycles. The molecule has 2 aromatic rings. The molecule has 1 aromatic carbocycles. The average molecular weight is 401 g/mol. The van der Waals surface area contributed by atoms with Gasteiger partial charge in [0.25, 0.3) is 11.8 Å². The van der Waals surface area contributed by atoms with E-state index in [-0.39, 0.29) is 18.5 Å². The van der Waals surface area contributed by atoms with Crippen molar-refractivity contribution in [2.45, 2.75) is 32.9 Å². The molecule has 1 aromatic heterocycles. The first-order valence-electron chi connectivity index (χ1n) is 7.77. The number of hydrogen-bond acceptors (Lipinski definition) is 6. The van der Waals surface area contributed by atoms with Gasteiger partial charge in [-0.1, -0.05) is 29.3 Å². The maximum atomic E-state index is 12.2. The highest BCUT2D eigenvalue weighted by molar-refractivity contribution is 6.35. The maximum absolute atomic E-state index is 12.2. The van der Waals surface area contributed by atoms with Gasteiger partial charge in [-0.3, -0.25) is 4.79 Å². The molecule has 2 atom stereocenters. The number of esters is 1. The summed E-state index contributed by atoms with van der Waals surface area (Å²) in [5.74, 6) is -0.446. The lowest BCUT2D eigenvalue weighted by Gasteiger charge is -2.19. The van der Waals surface area contributed by atoms with E-state index in [0.29, 0.717) is 21.4 Å². The van der Waals surface area contributed by atoms with Crippen molar-refractivity contribution in [3.05, 3.63) is 45.6 Å². The third-order valence-electron chi connectivity index (χ3n) is 3.41. The van der Waals surface area contributed by atoms with Gasteiger partial charge in [-0.2, -0.15) is 0 Å². The highest BCUT2D eigenvalue weighted by Crippen LogP contribution is 2.26. The van der Waals surface area contributed by atoms with Gasteiger partial charge in [0.15, 0.2) is 12.7 Å². The van der Waals surface area contributed by atoms with E-state index in [2.05, 4.69) is 10.5 Å². The van der Waals surface area contributed by atoms with E-state index < -0.39 is 18.0 Å². The number of nitrogens with one attached hydrogen (secondary N) is 1. The monoisotopic (exact) mass is 400 g/mol. The average Bonchev–Trinajstić information content (AvgIpc) is 2.98. The van der Waals surface area contributed by atoms with Crippen LogP contribution in [0.2, 0.25) is 10.0 Å². The van der Waals surface area contributed by atoms with Gasteiger partial charge in [0.2, 0.25) is 0 Å². The normalized spacial score (nSPS) is 13.0. The molecular formula is C17H18Cl2N2O5. The predicted molar refractivity (Wildman–Crippen MR) is 95.3 cm³/mol. The molecule has 1 amide bonds. The molecule has 26 heavy (non-hydrogen) atoms. The number of benzene rings is 1. The molecule has 7 nitrogen and oxygen atoms in total. The van der Waals surface area contributed by atoms with Crippen molar-refractivity contribution in [3.8, 4) is 5.88 Å². The quantitative estimate of drug-likeness (QED) is 0.715. The Kier molecular flexibility index (Phi) is 6.88. The molecular weight excluding hydrogens is 383 g/mol. The molecule has 0 fully saturated rings. The first kappa shape index (κ1) is 20.1. The number of hydrogen-bond donors (Lipinski definition) is 1. The summed E-state index contributed by atoms with van der Waals surface area (Å²) in [7, 11) is 0. The third kappa shape index (κ3) is 5.64. The number of aryl methyl sites for hydroxylation is 1. The fourth-order valence-corrected chi connectivity index (χ4v) is 2.66. The Labute approximate surface area is 160 Å². The largest absolute Gasteiger partial charge is 0.463 e. The Balaban J connectivity index is 1.83. The second-order valence-corrected chi connectivity index (χ2v) is 6.44. The van der Waals surface area contributed by atoms with E-state index in [0.717, 1.165) is 0 Å². The van der Waals surface area contributed by atoms with Gasteiger partial charge in [0.1, 0.15) is 5.76 Å². The summed E-state index contributed by atoms with van der Waals surface area (Å²) >= 11 is 12.0. The predicted octanol–water partition coefficient (Wildman–Crippen LogP) is 3.48. The van der Waals surface area contributed by atoms with Crippen molar-refractivity contribution in [2.75, 3.05) is 6.61 Å². The molecule has 0 saturated heterocycles. The first-order chi connectivity index (χ1) is 12.3. The Morgan fingerprint density at radius 2 is 2.00 bits per heavy atom. The van der Waals surface area contributed by atoms with E-state index in [1.807, 2.05) is 0 Å². The van der Waals surface area contributed by atoms with E-state index in [9.17, 15) is 9.59 Å². The van der Waals surface area contributed by atoms with Crippen LogP contribution in [0.5, 0.6) is 5.88 Å². The molecule has 0 aliphatic rings. The molecule has 2 rings (SSSR count). The van der Waals surface area contributed by atoms with E-state index in [1.54, 1.807) is 32.0 Å². The smallest absolute Gasteiger partial charge is 0.345 e. The van der Waals surface area contributed by atoms with Crippen LogP contribution in [0.1, 0.15) is 31.2 Å². The van der Waals surface area contributed by atoms with E-state index in [1.165, 1.54) is 13.0 Å². The van der Waals surface area contributed by atoms with Gasteiger partial charge < -0.3 is 19.3 Å². The van der Waals surface area contributed by atoms with Crippen LogP contribution in [0.25, 0.3) is 0 Å². The molecule has 1 heterocycles. The van der Waals surface area contributed by atoms with Crippen LogP contribution in [-0.4, -0.2) is 29.7 Å². The number of carbonyl (C=O) groups excluding carboxylic acids is 2. The first-order valence-corrected chi connectivity index (χ1v) is 8.52. The van der Waals surface area contributed by atoms with Crippen LogP contribution in [0.4, 0.5) is 0 Å². The summed E-state index contributed by atoms with van der Waals surface area (Å²) in [4.78, 5) is 24.0. The summed E-state index contributed by atoms with van der Waals surface area (Å²) < 4.78 is 15.0. The molecule has 0 radical (unpaired) electrons. The number of nitrogens with zero attached hydrogens (tertiary/aromatic N) is 1. The Bertz CT molecular complexity index is 793. The Morgan fingerprint density at radius 3 is 2.62 bits per heavy atom. The molecule has 0 aliphatic carbocycles. The van der Waals surface area contributed by atoms with Crippen molar-refractivity contribution >= 4 is 35.1 Å². The SMILES string of the molecule is Cc1cc(OCC(=O)O[C@@H](C)C(=O)N[C@H](C)c2ccc(Cl)cc2Cl)no1. The van der Waals surface area contributed by atoms with Gasteiger partial charge >= 0.3 is 5.97 Å². The minimum Gasteiger partial charge on any atom is -0.463 e. The van der Waals surface area contributed by atoms with Crippen LogP contribution in [0.3, 0.4) is 0 Å². The van der Waals surface area contributed by atoms with Gasteiger partial charge in [-0.05, 0) is 43.6 Å². The van der Waals surface area contributed by atoms with Gasteiger partial charge in [-0.25, -0.2) is 4.79 Å². The Morgan fingerprint density at radius 1 is 1.27 bits per heavy atom. The van der Waals surface area contributed by atoms with Crippen molar-refractivity contribution in [1.29, 1.82) is 0 Å². The van der Waals surface area contributed by atoms with Crippen LogP contribution in [0.15, 0.2) is 28.8 Å². The number of rotatable bonds is 7. The standard InChI is InChI=1S/C17H18Cl2N2O5/c1-9-6-15(21-26-9)24-8-16(22)25-11(3)17(23)20-10(2)13-5-4-12(18)7-14(13)19/h4-7,10-11H,8H2,1-3H3,(H,20,23)/t10-,11+/m1/s1. The lowest BCUT2D eigenvalue weighted by molar-refractivity contribution is -0.156. The minimum absolute atomic E-state index is 0.169. The zero-order chi connectivity index (χ0) is 19.3. The van der Waals surface area contributed by atoms with Crippen LogP contribution in [-0.2, 0) is 14.3 Å². The number of carbonyl (C=O) groups is 2. The lowest BCUT2D eigenvalue weighted by Crippen LogP contribution is -2.38. The molecule has 0 spiro atoms. The molecule has 0 saturated carbocycles. The second kappa shape index (κ2) is 8.91. The van der Waals surface area contributed by atoms with Crippen molar-refractivity contribution in [3.63, 3.8) is 0 Å². The van der Waals surface area contributed by atoms with Crippen molar-refractivity contribution in [2.24, 2.45) is 0 Å². The summed E-state index contributed by atoms with van der Waals surface area (Å²) in [6.07, 6.45) is -1.00. The summed E-state index contributed by atoms with van der Waals surface area (Å²) in [6, 6.07) is 6.13. The fourth-order valence-electron chi connectivity index (χ4n) is 2.09. The molecule has 0 bridgehead atoms. The molecule has 9 heteroatoms. The molecule has 140 valence electrons. The van der Waals surface area contributed by atoms with Crippen molar-refractivity contribution < 1.29 is 23.6 Å². The topological polar surface area (TPSA) is 90.7 Å². The highest BCUT2D eigenvalue weighted by atomic mass is 35.5. The number of halogens is 2. The van der Waals surface area contributed by atoms with Gasteiger partial charge in [0.05, 0.1) is 6.04 Å².